The van der Waals surface area contributed by atoms with Crippen LogP contribution in [0.2, 0.25) is 0 Å². The number of H-pyrrole nitrogens is 1. The van der Waals surface area contributed by atoms with Gasteiger partial charge in [0.05, 0.1) is 18.3 Å². The number of fused-ring (bicyclic) bond motifs is 1. The van der Waals surface area contributed by atoms with E-state index < -0.39 is 36.4 Å². The maximum Gasteiger partial charge on any atom is 0.490 e. The number of nitrogens with one attached hydrogen (secondary N) is 1. The van der Waals surface area contributed by atoms with E-state index >= 15 is 0 Å². The molecule has 22 heteroatoms. The summed E-state index contributed by atoms with van der Waals surface area (Å²) in [6.07, 6.45) is -8.55. The Morgan fingerprint density at radius 1 is 0.825 bits per heavy atom. The third kappa shape index (κ3) is 17.4. The Bertz CT molecular complexity index is 1850. The maximum atomic E-state index is 10.6. The van der Waals surface area contributed by atoms with Crippen LogP contribution in [-0.2, 0) is 20.8 Å². The predicted octanol–water partition coefficient (Wildman–Crippen LogP) is 6.50. The van der Waals surface area contributed by atoms with Crippen LogP contribution in [0.4, 0.5) is 39.5 Å². The molecule has 2 aromatic heterocycles. The number of aromatic amines is 1. The number of carboxylic acid groups (broad SMARTS) is 3. The van der Waals surface area contributed by atoms with Gasteiger partial charge in [-0.2, -0.15) is 44.6 Å². The molecular weight excluding hydrogens is 789 g/mol. The molecule has 0 bridgehead atoms. The van der Waals surface area contributed by atoms with Gasteiger partial charge in [-0.25, -0.2) is 14.4 Å². The van der Waals surface area contributed by atoms with Crippen LogP contribution in [0.3, 0.4) is 0 Å². The van der Waals surface area contributed by atoms with E-state index in [0.717, 1.165) is 65.2 Å². The van der Waals surface area contributed by atoms with Crippen molar-refractivity contribution in [2.75, 3.05) is 33.4 Å². The van der Waals surface area contributed by atoms with Crippen molar-refractivity contribution in [3.05, 3.63) is 72.2 Å². The first-order valence-corrected chi connectivity index (χ1v) is 16.5. The van der Waals surface area contributed by atoms with Crippen LogP contribution in [-0.4, -0.2) is 111 Å². The Kier molecular flexibility index (Phi) is 17.5. The number of piperidine rings is 1. The standard InChI is InChI=1S/C29H35N5O2.3C2HF3O2/c1-20-28-15-23(6-7-29(28)33-32-20)24-14-27(17-31-16-24)36-19-25(30)12-22-4-3-5-26(13-22)35-18-21-8-10-34(2)11-9-21;3*3-2(4,5)1(6)7/h3-7,13-17,21,25H,8-12,18-19,30H2,1-2H3,(H,32,33);3*(H,6,7)/t25-;;;/m0.../s1. The number of aromatic nitrogens is 3. The molecule has 3 heterocycles. The van der Waals surface area contributed by atoms with Gasteiger partial charge in [-0.05, 0) is 93.7 Å². The minimum Gasteiger partial charge on any atom is -0.493 e. The number of ether oxygens (including phenoxy) is 2. The van der Waals surface area contributed by atoms with Gasteiger partial charge < -0.3 is 35.4 Å². The number of pyridine rings is 1. The lowest BCUT2D eigenvalue weighted by molar-refractivity contribution is -0.193. The smallest absolute Gasteiger partial charge is 0.490 e. The normalized spacial score (nSPS) is 14.1. The first-order chi connectivity index (χ1) is 26.4. The number of hydrogen-bond donors (Lipinski definition) is 5. The molecule has 13 nitrogen and oxygen atoms in total. The Morgan fingerprint density at radius 3 is 1.93 bits per heavy atom. The molecule has 4 aromatic rings. The van der Waals surface area contributed by atoms with Gasteiger partial charge in [0.25, 0.3) is 0 Å². The minimum atomic E-state index is -5.08. The number of hydrogen-bond acceptors (Lipinski definition) is 9. The van der Waals surface area contributed by atoms with Gasteiger partial charge in [-0.3, -0.25) is 10.1 Å². The van der Waals surface area contributed by atoms with E-state index in [2.05, 4.69) is 51.4 Å². The summed E-state index contributed by atoms with van der Waals surface area (Å²) in [6.45, 7) is 5.52. The minimum absolute atomic E-state index is 0.136. The van der Waals surface area contributed by atoms with Crippen molar-refractivity contribution in [3.8, 4) is 22.6 Å². The topological polar surface area (TPSA) is 201 Å². The number of aryl methyl sites for hydroxylation is 1. The summed E-state index contributed by atoms with van der Waals surface area (Å²) in [4.78, 5) is 33.4. The monoisotopic (exact) mass is 827 g/mol. The second-order valence-electron chi connectivity index (χ2n) is 12.4. The Morgan fingerprint density at radius 2 is 1.39 bits per heavy atom. The quantitative estimate of drug-likeness (QED) is 0.115. The molecule has 0 radical (unpaired) electrons. The fourth-order valence-electron chi connectivity index (χ4n) is 4.74. The van der Waals surface area contributed by atoms with E-state index in [1.807, 2.05) is 37.4 Å². The molecule has 1 aliphatic heterocycles. The zero-order valence-electron chi connectivity index (χ0n) is 30.1. The van der Waals surface area contributed by atoms with Crippen molar-refractivity contribution in [3.63, 3.8) is 0 Å². The van der Waals surface area contributed by atoms with Crippen LogP contribution in [0.25, 0.3) is 22.0 Å². The maximum absolute atomic E-state index is 10.6. The van der Waals surface area contributed by atoms with Crippen LogP contribution in [0.5, 0.6) is 11.5 Å². The highest BCUT2D eigenvalue weighted by atomic mass is 19.4. The molecule has 5 rings (SSSR count). The fraction of sp³-hybridized carbons (Fsp3) is 0.400. The van der Waals surface area contributed by atoms with Crippen LogP contribution >= 0.6 is 0 Å². The largest absolute Gasteiger partial charge is 0.493 e. The first-order valence-electron chi connectivity index (χ1n) is 16.5. The molecule has 0 aliphatic carbocycles. The van der Waals surface area contributed by atoms with Gasteiger partial charge in [0.15, 0.2) is 0 Å². The van der Waals surface area contributed by atoms with E-state index in [1.165, 1.54) is 12.8 Å². The number of halogens is 9. The number of benzene rings is 2. The van der Waals surface area contributed by atoms with Crippen LogP contribution in [0.15, 0.2) is 60.9 Å². The zero-order valence-corrected chi connectivity index (χ0v) is 30.1. The molecule has 0 amide bonds. The Labute approximate surface area is 318 Å². The summed E-state index contributed by atoms with van der Waals surface area (Å²) in [7, 11) is 2.18. The average molecular weight is 828 g/mol. The highest BCUT2D eigenvalue weighted by Crippen LogP contribution is 2.27. The van der Waals surface area contributed by atoms with E-state index in [-0.39, 0.29) is 6.04 Å². The van der Waals surface area contributed by atoms with Gasteiger partial charge in [0, 0.05) is 28.9 Å². The number of nitrogens with two attached hydrogens (primary N) is 1. The number of aliphatic carboxylic acids is 3. The summed E-state index contributed by atoms with van der Waals surface area (Å²) in [5, 5.41) is 29.8. The summed E-state index contributed by atoms with van der Waals surface area (Å²) >= 11 is 0. The number of carboxylic acids is 3. The third-order valence-corrected chi connectivity index (χ3v) is 7.70. The molecule has 0 spiro atoms. The summed E-state index contributed by atoms with van der Waals surface area (Å²) in [6, 6.07) is 16.3. The van der Waals surface area contributed by atoms with E-state index in [1.54, 1.807) is 6.20 Å². The Hall–Kier alpha value is -5.64. The number of carbonyl (C=O) groups is 3. The SMILES string of the molecule is Cc1[nH]nc2ccc(-c3cncc(OC[C@@H](N)Cc4cccc(OCC5CCN(C)CC5)c4)c3)cc12.O=C(O)C(F)(F)F.O=C(O)C(F)(F)F.O=C(O)C(F)(F)F. The second kappa shape index (κ2) is 21.0. The lowest BCUT2D eigenvalue weighted by Gasteiger charge is -2.28. The highest BCUT2D eigenvalue weighted by molar-refractivity contribution is 5.86. The molecular formula is C35H38F9N5O8. The average Bonchev–Trinajstić information content (AvgIpc) is 3.50. The molecule has 6 N–H and O–H groups in total. The zero-order chi connectivity index (χ0) is 43.1. The van der Waals surface area contributed by atoms with Crippen molar-refractivity contribution in [1.82, 2.24) is 20.1 Å². The molecule has 1 fully saturated rings. The number of nitrogens with zero attached hydrogens (tertiary/aromatic N) is 3. The molecule has 1 atom stereocenters. The van der Waals surface area contributed by atoms with Crippen LogP contribution in [0.1, 0.15) is 24.1 Å². The van der Waals surface area contributed by atoms with Crippen molar-refractivity contribution < 1.29 is 78.7 Å². The lowest BCUT2D eigenvalue weighted by atomic mass is 9.98. The lowest BCUT2D eigenvalue weighted by Crippen LogP contribution is -2.32. The first kappa shape index (κ1) is 47.5. The van der Waals surface area contributed by atoms with Gasteiger partial charge in [-0.1, -0.05) is 18.2 Å². The van der Waals surface area contributed by atoms with Gasteiger partial charge >= 0.3 is 36.4 Å². The summed E-state index contributed by atoms with van der Waals surface area (Å²) in [5.41, 5.74) is 11.7. The second-order valence-corrected chi connectivity index (χ2v) is 12.4. The highest BCUT2D eigenvalue weighted by Gasteiger charge is 2.39. The van der Waals surface area contributed by atoms with Crippen molar-refractivity contribution in [2.24, 2.45) is 11.7 Å². The molecule has 1 aliphatic rings. The van der Waals surface area contributed by atoms with E-state index in [0.29, 0.717) is 18.3 Å². The van der Waals surface area contributed by atoms with Crippen molar-refractivity contribution in [2.45, 2.75) is 50.8 Å². The molecule has 314 valence electrons. The number of likely N-dealkylation sites (tertiary alicyclic amines) is 1. The number of alkyl halides is 9. The predicted molar refractivity (Wildman–Crippen MR) is 184 cm³/mol. The fourth-order valence-corrected chi connectivity index (χ4v) is 4.74. The molecule has 0 saturated carbocycles. The summed E-state index contributed by atoms with van der Waals surface area (Å²) < 4.78 is 107. The van der Waals surface area contributed by atoms with Crippen molar-refractivity contribution in [1.29, 1.82) is 0 Å². The molecule has 2 aromatic carbocycles. The van der Waals surface area contributed by atoms with Gasteiger partial charge in [0.2, 0.25) is 0 Å². The number of rotatable bonds is 9. The molecule has 1 saturated heterocycles. The Balaban J connectivity index is 0.000000438. The van der Waals surface area contributed by atoms with E-state index in [9.17, 15) is 39.5 Å². The van der Waals surface area contributed by atoms with Gasteiger partial charge in [-0.15, -0.1) is 0 Å². The van der Waals surface area contributed by atoms with Crippen LogP contribution in [0, 0.1) is 12.8 Å². The van der Waals surface area contributed by atoms with Gasteiger partial charge in [0.1, 0.15) is 18.1 Å². The molecule has 0 unspecified atom stereocenters. The van der Waals surface area contributed by atoms with Crippen LogP contribution < -0.4 is 15.2 Å². The summed E-state index contributed by atoms with van der Waals surface area (Å²) in [5.74, 6) is -6.01. The van der Waals surface area contributed by atoms with Crippen molar-refractivity contribution >= 4 is 28.8 Å². The molecule has 57 heavy (non-hydrogen) atoms. The van der Waals surface area contributed by atoms with E-state index in [4.69, 9.17) is 44.9 Å². The third-order valence-electron chi connectivity index (χ3n) is 7.70.